The van der Waals surface area contributed by atoms with Gasteiger partial charge in [-0.3, -0.25) is 0 Å². The largest absolute Gasteiger partial charge is 0.492 e. The summed E-state index contributed by atoms with van der Waals surface area (Å²) in [5.74, 6) is 0.864. The lowest BCUT2D eigenvalue weighted by molar-refractivity contribution is 0.0594. The number of rotatable bonds is 5. The van der Waals surface area contributed by atoms with Crippen LogP contribution in [-0.4, -0.2) is 25.4 Å². The third kappa shape index (κ3) is 3.70. The van der Waals surface area contributed by atoms with Gasteiger partial charge >= 0.3 is 5.97 Å². The first-order valence-electron chi connectivity index (χ1n) is 6.81. The fourth-order valence-corrected chi connectivity index (χ4v) is 2.02. The van der Waals surface area contributed by atoms with E-state index in [0.29, 0.717) is 23.7 Å². The summed E-state index contributed by atoms with van der Waals surface area (Å²) in [6.45, 7) is 4.62. The highest BCUT2D eigenvalue weighted by molar-refractivity contribution is 7.80. The van der Waals surface area contributed by atoms with Crippen LogP contribution in [0.4, 0.5) is 0 Å². The van der Waals surface area contributed by atoms with Crippen LogP contribution in [0.2, 0.25) is 0 Å². The summed E-state index contributed by atoms with van der Waals surface area (Å²) in [6.07, 6.45) is 0. The van der Waals surface area contributed by atoms with Crippen molar-refractivity contribution in [2.45, 2.75) is 13.8 Å². The Balaban J connectivity index is 2.41. The van der Waals surface area contributed by atoms with Gasteiger partial charge in [0.15, 0.2) is 0 Å². The topological polar surface area (TPSA) is 35.5 Å². The predicted molar refractivity (Wildman–Crippen MR) is 88.4 cm³/mol. The predicted octanol–water partition coefficient (Wildman–Crippen LogP) is 3.96. The number of hydrogen-bond donors (Lipinski definition) is 1. The summed E-state index contributed by atoms with van der Waals surface area (Å²) in [5, 5.41) is 2.02. The van der Waals surface area contributed by atoms with Crippen molar-refractivity contribution in [3.63, 3.8) is 0 Å². The Labute approximate surface area is 130 Å². The molecule has 0 N–H and O–H groups in total. The van der Waals surface area contributed by atoms with Gasteiger partial charge in [0.1, 0.15) is 11.3 Å². The maximum atomic E-state index is 12.0. The second-order valence-corrected chi connectivity index (χ2v) is 6.11. The number of ether oxygens (including phenoxy) is 2. The van der Waals surface area contributed by atoms with Gasteiger partial charge < -0.3 is 9.47 Å². The van der Waals surface area contributed by atoms with E-state index in [-0.39, 0.29) is 11.4 Å². The minimum Gasteiger partial charge on any atom is -0.492 e. The minimum absolute atomic E-state index is 0.0673. The molecule has 3 nitrogen and oxygen atoms in total. The van der Waals surface area contributed by atoms with E-state index in [1.807, 2.05) is 36.4 Å². The number of carbonyl (C=O) groups excluding carboxylic acids is 1. The first kappa shape index (κ1) is 15.7. The van der Waals surface area contributed by atoms with Gasteiger partial charge in [0.05, 0.1) is 13.7 Å². The second-order valence-electron chi connectivity index (χ2n) is 5.80. The smallest absolute Gasteiger partial charge is 0.341 e. The van der Waals surface area contributed by atoms with Crippen LogP contribution in [-0.2, 0) is 4.74 Å². The Morgan fingerprint density at radius 3 is 2.38 bits per heavy atom. The molecule has 0 aliphatic carbocycles. The van der Waals surface area contributed by atoms with E-state index < -0.39 is 0 Å². The summed E-state index contributed by atoms with van der Waals surface area (Å²) >= 11 is 4.32. The molecule has 0 spiro atoms. The van der Waals surface area contributed by atoms with Crippen molar-refractivity contribution in [2.75, 3.05) is 19.5 Å². The molecule has 0 saturated heterocycles. The molecule has 0 bridgehead atoms. The third-order valence-corrected chi connectivity index (χ3v) is 4.16. The maximum absolute atomic E-state index is 12.0. The minimum atomic E-state index is -0.389. The lowest BCUT2D eigenvalue weighted by Gasteiger charge is -2.23. The molecular weight excluding hydrogens is 284 g/mol. The van der Waals surface area contributed by atoms with Gasteiger partial charge in [0.2, 0.25) is 0 Å². The lowest BCUT2D eigenvalue weighted by atomic mass is 9.98. The van der Waals surface area contributed by atoms with Crippen LogP contribution >= 0.6 is 12.6 Å². The second kappa shape index (κ2) is 6.39. The molecule has 112 valence electrons. The summed E-state index contributed by atoms with van der Waals surface area (Å²) in [4.78, 5) is 12.0. The van der Waals surface area contributed by atoms with Crippen LogP contribution in [0.25, 0.3) is 10.8 Å². The molecule has 0 fully saturated rings. The third-order valence-electron chi connectivity index (χ3n) is 3.30. The Morgan fingerprint density at radius 1 is 1.19 bits per heavy atom. The number of hydrogen-bond acceptors (Lipinski definition) is 4. The average Bonchev–Trinajstić information content (AvgIpc) is 2.51. The molecule has 0 heterocycles. The highest BCUT2D eigenvalue weighted by Gasteiger charge is 2.20. The van der Waals surface area contributed by atoms with Gasteiger partial charge in [0, 0.05) is 5.41 Å². The summed E-state index contributed by atoms with van der Waals surface area (Å²) < 4.78 is 10.7. The molecule has 21 heavy (non-hydrogen) atoms. The maximum Gasteiger partial charge on any atom is 0.341 e. The average molecular weight is 304 g/mol. The van der Waals surface area contributed by atoms with Gasteiger partial charge in [-0.05, 0) is 28.7 Å². The summed E-state index contributed by atoms with van der Waals surface area (Å²) in [6, 6.07) is 11.5. The molecule has 0 amide bonds. The van der Waals surface area contributed by atoms with Crippen molar-refractivity contribution in [1.29, 1.82) is 0 Å². The van der Waals surface area contributed by atoms with E-state index in [2.05, 4.69) is 26.5 Å². The van der Waals surface area contributed by atoms with Gasteiger partial charge in [-0.1, -0.05) is 38.1 Å². The molecule has 0 radical (unpaired) electrons. The fraction of sp³-hybridized carbons (Fsp3) is 0.353. The first-order chi connectivity index (χ1) is 9.96. The first-order valence-corrected chi connectivity index (χ1v) is 7.45. The zero-order valence-corrected chi connectivity index (χ0v) is 13.4. The molecule has 2 rings (SSSR count). The van der Waals surface area contributed by atoms with Crippen LogP contribution in [0.5, 0.6) is 5.75 Å². The van der Waals surface area contributed by atoms with Crippen molar-refractivity contribution in [1.82, 2.24) is 0 Å². The molecule has 0 aliphatic heterocycles. The highest BCUT2D eigenvalue weighted by atomic mass is 32.1. The van der Waals surface area contributed by atoms with E-state index >= 15 is 0 Å². The van der Waals surface area contributed by atoms with Crippen molar-refractivity contribution in [2.24, 2.45) is 5.41 Å². The SMILES string of the molecule is COC(=O)c1cc2ccccc2cc1OCC(C)(C)CS. The number of carbonyl (C=O) groups is 1. The number of fused-ring (bicyclic) bond motifs is 1. The Hall–Kier alpha value is -1.68. The van der Waals surface area contributed by atoms with Crippen LogP contribution in [0.3, 0.4) is 0 Å². The molecule has 0 aromatic heterocycles. The number of methoxy groups -OCH3 is 1. The molecule has 0 aliphatic rings. The molecule has 0 atom stereocenters. The van der Waals surface area contributed by atoms with Crippen molar-refractivity contribution < 1.29 is 14.3 Å². The van der Waals surface area contributed by atoms with E-state index in [0.717, 1.165) is 10.8 Å². The van der Waals surface area contributed by atoms with Crippen LogP contribution in [0.1, 0.15) is 24.2 Å². The van der Waals surface area contributed by atoms with Crippen molar-refractivity contribution in [3.8, 4) is 5.75 Å². The highest BCUT2D eigenvalue weighted by Crippen LogP contribution is 2.28. The zero-order chi connectivity index (χ0) is 15.5. The monoisotopic (exact) mass is 304 g/mol. The van der Waals surface area contributed by atoms with Crippen molar-refractivity contribution >= 4 is 29.4 Å². The number of thiol groups is 1. The standard InChI is InChI=1S/C17H20O3S/c1-17(2,11-21)10-20-15-9-13-7-5-4-6-12(13)8-14(15)16(18)19-3/h4-9,21H,10-11H2,1-3H3. The van der Waals surface area contributed by atoms with Crippen LogP contribution in [0.15, 0.2) is 36.4 Å². The normalized spacial score (nSPS) is 11.4. The Kier molecular flexibility index (Phi) is 4.78. The Bertz CT molecular complexity index is 650. The Morgan fingerprint density at radius 2 is 1.81 bits per heavy atom. The van der Waals surface area contributed by atoms with Crippen LogP contribution < -0.4 is 4.74 Å². The molecule has 0 saturated carbocycles. The summed E-state index contributed by atoms with van der Waals surface area (Å²) in [7, 11) is 1.37. The van der Waals surface area contributed by atoms with Gasteiger partial charge in [-0.25, -0.2) is 4.79 Å². The van der Waals surface area contributed by atoms with Gasteiger partial charge in [0.25, 0.3) is 0 Å². The molecule has 2 aromatic carbocycles. The van der Waals surface area contributed by atoms with E-state index in [4.69, 9.17) is 9.47 Å². The molecule has 2 aromatic rings. The van der Waals surface area contributed by atoms with Crippen LogP contribution in [0, 0.1) is 5.41 Å². The quantitative estimate of drug-likeness (QED) is 0.671. The fourth-order valence-electron chi connectivity index (χ4n) is 1.93. The molecule has 0 unspecified atom stereocenters. The lowest BCUT2D eigenvalue weighted by Crippen LogP contribution is -2.23. The number of esters is 1. The van der Waals surface area contributed by atoms with Gasteiger partial charge in [-0.2, -0.15) is 12.6 Å². The van der Waals surface area contributed by atoms with E-state index in [9.17, 15) is 4.79 Å². The number of benzene rings is 2. The van der Waals surface area contributed by atoms with E-state index in [1.54, 1.807) is 0 Å². The van der Waals surface area contributed by atoms with E-state index in [1.165, 1.54) is 7.11 Å². The molecular formula is C17H20O3S. The molecule has 4 heteroatoms. The zero-order valence-electron chi connectivity index (χ0n) is 12.6. The summed E-state index contributed by atoms with van der Waals surface area (Å²) in [5.41, 5.74) is 0.383. The van der Waals surface area contributed by atoms with Crippen molar-refractivity contribution in [3.05, 3.63) is 42.0 Å². The van der Waals surface area contributed by atoms with Gasteiger partial charge in [-0.15, -0.1) is 0 Å².